The number of halogens is 2. The average Bonchev–Trinajstić information content (AvgIpc) is 2.80. The second kappa shape index (κ2) is 7.08. The highest BCUT2D eigenvalue weighted by Gasteiger charge is 2.15. The molecule has 1 heterocycles. The van der Waals surface area contributed by atoms with Crippen LogP contribution in [0.2, 0.25) is 0 Å². The van der Waals surface area contributed by atoms with Gasteiger partial charge in [0, 0.05) is 25.0 Å². The SMILES string of the molecule is CCOc1cc(NC(=O)c2cn(C)nc2C)ccc1OC(F)F. The minimum Gasteiger partial charge on any atom is -0.490 e. The lowest BCUT2D eigenvalue weighted by molar-refractivity contribution is -0.0514. The van der Waals surface area contributed by atoms with E-state index in [1.54, 1.807) is 27.1 Å². The number of benzene rings is 1. The van der Waals surface area contributed by atoms with Crippen molar-refractivity contribution in [2.75, 3.05) is 11.9 Å². The number of alkyl halides is 2. The van der Waals surface area contributed by atoms with Crippen molar-refractivity contribution < 1.29 is 23.0 Å². The van der Waals surface area contributed by atoms with Gasteiger partial charge in [0.25, 0.3) is 5.91 Å². The van der Waals surface area contributed by atoms with Crippen molar-refractivity contribution in [1.82, 2.24) is 9.78 Å². The number of aryl methyl sites for hydroxylation is 2. The summed E-state index contributed by atoms with van der Waals surface area (Å²) in [6.45, 7) is 0.766. The molecule has 0 aliphatic heterocycles. The molecule has 6 nitrogen and oxygen atoms in total. The molecule has 0 bridgehead atoms. The number of anilines is 1. The molecule has 1 aromatic carbocycles. The maximum atomic E-state index is 12.4. The zero-order chi connectivity index (χ0) is 17.0. The van der Waals surface area contributed by atoms with Gasteiger partial charge in [0.2, 0.25) is 0 Å². The Balaban J connectivity index is 2.21. The molecule has 0 radical (unpaired) electrons. The van der Waals surface area contributed by atoms with Crippen LogP contribution in [0.1, 0.15) is 23.0 Å². The summed E-state index contributed by atoms with van der Waals surface area (Å²) in [5.41, 5.74) is 1.43. The first-order chi connectivity index (χ1) is 10.9. The summed E-state index contributed by atoms with van der Waals surface area (Å²) in [5, 5.41) is 6.77. The Morgan fingerprint density at radius 2 is 2.13 bits per heavy atom. The summed E-state index contributed by atoms with van der Waals surface area (Å²) in [4.78, 5) is 12.2. The second-order valence-electron chi connectivity index (χ2n) is 4.73. The minimum absolute atomic E-state index is 0.0857. The highest BCUT2D eigenvalue weighted by molar-refractivity contribution is 6.05. The summed E-state index contributed by atoms with van der Waals surface area (Å²) < 4.78 is 35.9. The molecule has 124 valence electrons. The number of rotatable bonds is 6. The molecule has 1 aromatic heterocycles. The lowest BCUT2D eigenvalue weighted by Crippen LogP contribution is -2.13. The quantitative estimate of drug-likeness (QED) is 0.887. The van der Waals surface area contributed by atoms with Crippen LogP contribution in [0.5, 0.6) is 11.5 Å². The Hall–Kier alpha value is -2.64. The topological polar surface area (TPSA) is 65.4 Å². The van der Waals surface area contributed by atoms with Gasteiger partial charge in [-0.05, 0) is 26.0 Å². The van der Waals surface area contributed by atoms with Crippen LogP contribution < -0.4 is 14.8 Å². The van der Waals surface area contributed by atoms with Gasteiger partial charge in [0.05, 0.1) is 17.9 Å². The predicted molar refractivity (Wildman–Crippen MR) is 80.1 cm³/mol. The van der Waals surface area contributed by atoms with Crippen molar-refractivity contribution >= 4 is 11.6 Å². The molecule has 2 aromatic rings. The van der Waals surface area contributed by atoms with Crippen molar-refractivity contribution in [3.05, 3.63) is 35.7 Å². The van der Waals surface area contributed by atoms with Gasteiger partial charge in [0.15, 0.2) is 11.5 Å². The highest BCUT2D eigenvalue weighted by atomic mass is 19.3. The lowest BCUT2D eigenvalue weighted by atomic mass is 10.2. The smallest absolute Gasteiger partial charge is 0.387 e. The first-order valence-electron chi connectivity index (χ1n) is 6.94. The number of carbonyl (C=O) groups is 1. The van der Waals surface area contributed by atoms with E-state index in [4.69, 9.17) is 4.74 Å². The Morgan fingerprint density at radius 1 is 1.39 bits per heavy atom. The standard InChI is InChI=1S/C15H17F2N3O3/c1-4-22-13-7-10(5-6-12(13)23-15(16)17)18-14(21)11-8-20(3)19-9(11)2/h5-8,15H,4H2,1-3H3,(H,18,21). The summed E-state index contributed by atoms with van der Waals surface area (Å²) in [6.07, 6.45) is 1.60. The Morgan fingerprint density at radius 3 is 2.70 bits per heavy atom. The summed E-state index contributed by atoms with van der Waals surface area (Å²) in [6, 6.07) is 4.22. The fraction of sp³-hybridized carbons (Fsp3) is 0.333. The van der Waals surface area contributed by atoms with E-state index in [0.717, 1.165) is 0 Å². The van der Waals surface area contributed by atoms with Gasteiger partial charge in [-0.2, -0.15) is 13.9 Å². The van der Waals surface area contributed by atoms with Gasteiger partial charge in [-0.15, -0.1) is 0 Å². The summed E-state index contributed by atoms with van der Waals surface area (Å²) in [5.74, 6) is -0.300. The molecule has 0 saturated heterocycles. The maximum Gasteiger partial charge on any atom is 0.387 e. The zero-order valence-corrected chi connectivity index (χ0v) is 13.0. The molecular weight excluding hydrogens is 308 g/mol. The van der Waals surface area contributed by atoms with Crippen LogP contribution in [-0.2, 0) is 7.05 Å². The van der Waals surface area contributed by atoms with Crippen molar-refractivity contribution in [3.8, 4) is 11.5 Å². The van der Waals surface area contributed by atoms with E-state index in [9.17, 15) is 13.6 Å². The molecule has 0 aliphatic carbocycles. The van der Waals surface area contributed by atoms with Gasteiger partial charge >= 0.3 is 6.61 Å². The number of amides is 1. The van der Waals surface area contributed by atoms with Crippen LogP contribution in [0.4, 0.5) is 14.5 Å². The van der Waals surface area contributed by atoms with Crippen LogP contribution in [0, 0.1) is 6.92 Å². The van der Waals surface area contributed by atoms with Crippen molar-refractivity contribution in [1.29, 1.82) is 0 Å². The monoisotopic (exact) mass is 325 g/mol. The lowest BCUT2D eigenvalue weighted by Gasteiger charge is -2.13. The molecular formula is C15H17F2N3O3. The Kier molecular flexibility index (Phi) is 5.15. The first kappa shape index (κ1) is 16.7. The van der Waals surface area contributed by atoms with E-state index >= 15 is 0 Å². The first-order valence-corrected chi connectivity index (χ1v) is 6.94. The van der Waals surface area contributed by atoms with Gasteiger partial charge in [-0.3, -0.25) is 9.48 Å². The molecule has 23 heavy (non-hydrogen) atoms. The number of nitrogens with one attached hydrogen (secondary N) is 1. The Bertz CT molecular complexity index is 701. The van der Waals surface area contributed by atoms with Gasteiger partial charge in [-0.1, -0.05) is 0 Å². The summed E-state index contributed by atoms with van der Waals surface area (Å²) in [7, 11) is 1.72. The summed E-state index contributed by atoms with van der Waals surface area (Å²) >= 11 is 0. The molecule has 1 N–H and O–H groups in total. The van der Waals surface area contributed by atoms with E-state index in [1.807, 2.05) is 0 Å². The van der Waals surface area contributed by atoms with Crippen LogP contribution in [0.25, 0.3) is 0 Å². The molecule has 0 aliphatic rings. The van der Waals surface area contributed by atoms with Gasteiger partial charge in [-0.25, -0.2) is 0 Å². The fourth-order valence-corrected chi connectivity index (χ4v) is 2.07. The molecule has 0 spiro atoms. The third-order valence-corrected chi connectivity index (χ3v) is 2.98. The predicted octanol–water partition coefficient (Wildman–Crippen LogP) is 2.98. The van der Waals surface area contributed by atoms with Crippen molar-refractivity contribution in [2.45, 2.75) is 20.5 Å². The van der Waals surface area contributed by atoms with E-state index in [0.29, 0.717) is 16.9 Å². The molecule has 0 fully saturated rings. The highest BCUT2D eigenvalue weighted by Crippen LogP contribution is 2.32. The Labute approximate surface area is 132 Å². The maximum absolute atomic E-state index is 12.4. The molecule has 8 heteroatoms. The molecule has 1 amide bonds. The third-order valence-electron chi connectivity index (χ3n) is 2.98. The fourth-order valence-electron chi connectivity index (χ4n) is 2.07. The second-order valence-corrected chi connectivity index (χ2v) is 4.73. The van der Waals surface area contributed by atoms with Gasteiger partial charge < -0.3 is 14.8 Å². The van der Waals surface area contributed by atoms with Gasteiger partial charge in [0.1, 0.15) is 0 Å². The average molecular weight is 325 g/mol. The van der Waals surface area contributed by atoms with Crippen LogP contribution in [0.15, 0.2) is 24.4 Å². The number of aromatic nitrogens is 2. The number of carbonyl (C=O) groups excluding carboxylic acids is 1. The van der Waals surface area contributed by atoms with E-state index in [2.05, 4.69) is 15.2 Å². The third kappa shape index (κ3) is 4.18. The molecule has 0 atom stereocenters. The number of hydrogen-bond acceptors (Lipinski definition) is 4. The van der Waals surface area contributed by atoms with Crippen molar-refractivity contribution in [2.24, 2.45) is 7.05 Å². The van der Waals surface area contributed by atoms with Crippen molar-refractivity contribution in [3.63, 3.8) is 0 Å². The van der Waals surface area contributed by atoms with Crippen LogP contribution in [-0.4, -0.2) is 28.9 Å². The number of hydrogen-bond donors (Lipinski definition) is 1. The number of nitrogens with zero attached hydrogens (tertiary/aromatic N) is 2. The van der Waals surface area contributed by atoms with Crippen LogP contribution in [0.3, 0.4) is 0 Å². The molecule has 2 rings (SSSR count). The van der Waals surface area contributed by atoms with E-state index < -0.39 is 6.61 Å². The van der Waals surface area contributed by atoms with E-state index in [1.165, 1.54) is 22.9 Å². The molecule has 0 unspecified atom stereocenters. The number of ether oxygens (including phenoxy) is 2. The van der Waals surface area contributed by atoms with E-state index in [-0.39, 0.29) is 24.0 Å². The normalized spacial score (nSPS) is 10.7. The molecule has 0 saturated carbocycles. The zero-order valence-electron chi connectivity index (χ0n) is 13.0. The van der Waals surface area contributed by atoms with Crippen LogP contribution >= 0.6 is 0 Å². The minimum atomic E-state index is -2.95. The largest absolute Gasteiger partial charge is 0.490 e.